The van der Waals surface area contributed by atoms with Gasteiger partial charge in [0.2, 0.25) is 0 Å². The van der Waals surface area contributed by atoms with Gasteiger partial charge in [0, 0.05) is 0 Å². The molecule has 11 heavy (non-hydrogen) atoms. The van der Waals surface area contributed by atoms with Crippen LogP contribution in [0.4, 0.5) is 0 Å². The second-order valence-corrected chi connectivity index (χ2v) is 3.16. The minimum absolute atomic E-state index is 0. The minimum Gasteiger partial charge on any atom is -0.852 e. The maximum absolute atomic E-state index is 10.1. The fourth-order valence-corrected chi connectivity index (χ4v) is 0. The molecule has 0 fully saturated rings. The van der Waals surface area contributed by atoms with E-state index in [9.17, 15) is 10.2 Å². The molecule has 0 aliphatic heterocycles. The summed E-state index contributed by atoms with van der Waals surface area (Å²) in [5.74, 6) is 0. The topological polar surface area (TPSA) is 46.1 Å². The summed E-state index contributed by atoms with van der Waals surface area (Å²) in [6, 6.07) is 0. The van der Waals surface area contributed by atoms with Crippen LogP contribution in [-0.4, -0.2) is 11.7 Å². The Kier molecular flexibility index (Phi) is 24.4. The molecule has 58 valence electrons. The normalized spacial score (nSPS) is 8.73. The molecule has 0 aliphatic carbocycles. The molecule has 0 amide bonds. The zero-order valence-electron chi connectivity index (χ0n) is 7.89. The van der Waals surface area contributed by atoms with Crippen LogP contribution < -0.4 is 10.2 Å². The molecule has 2 nitrogen and oxygen atoms in total. The van der Waals surface area contributed by atoms with Crippen molar-refractivity contribution in [3.63, 3.8) is 0 Å². The maximum atomic E-state index is 10.1. The molecule has 0 aromatic carbocycles. The Morgan fingerprint density at radius 1 is 1.00 bits per heavy atom. The summed E-state index contributed by atoms with van der Waals surface area (Å²) in [4.78, 5) is 0. The molecule has 0 saturated heterocycles. The zero-order chi connectivity index (χ0) is 8.08. The largest absolute Gasteiger partial charge is 4.00 e. The van der Waals surface area contributed by atoms with Crippen molar-refractivity contribution < 1.29 is 62.6 Å². The van der Waals surface area contributed by atoms with E-state index in [-0.39, 0.29) is 52.4 Å². The van der Waals surface area contributed by atoms with Crippen molar-refractivity contribution in [3.8, 4) is 0 Å². The molecule has 0 saturated carbocycles. The van der Waals surface area contributed by atoms with E-state index >= 15 is 0 Å². The van der Waals surface area contributed by atoms with Crippen LogP contribution in [0.25, 0.3) is 0 Å². The fraction of sp³-hybridized carbons (Fsp3) is 1.00. The molecule has 0 spiro atoms. The van der Waals surface area contributed by atoms with E-state index in [0.29, 0.717) is 0 Å². The molecule has 0 aromatic heterocycles. The van der Waals surface area contributed by atoms with Gasteiger partial charge in [0.25, 0.3) is 0 Å². The first-order valence-corrected chi connectivity index (χ1v) is 3.09. The molecular formula is C7H16O2Zr2+6. The summed E-state index contributed by atoms with van der Waals surface area (Å²) in [6.45, 7) is 8.12. The first kappa shape index (κ1) is 23.0. The fourth-order valence-electron chi connectivity index (χ4n) is 0. The Balaban J connectivity index is -0.0000000383. The van der Waals surface area contributed by atoms with Crippen LogP contribution in [0.5, 0.6) is 0 Å². The van der Waals surface area contributed by atoms with Gasteiger partial charge in [0.05, 0.1) is 0 Å². The van der Waals surface area contributed by atoms with E-state index < -0.39 is 11.7 Å². The second-order valence-electron chi connectivity index (χ2n) is 3.16. The maximum Gasteiger partial charge on any atom is 4.00 e. The van der Waals surface area contributed by atoms with Crippen LogP contribution in [-0.2, 0) is 52.4 Å². The van der Waals surface area contributed by atoms with Crippen LogP contribution in [0.1, 0.15) is 34.6 Å². The van der Waals surface area contributed by atoms with Gasteiger partial charge >= 0.3 is 52.4 Å². The van der Waals surface area contributed by atoms with Gasteiger partial charge in [-0.3, -0.25) is 0 Å². The third-order valence-electron chi connectivity index (χ3n) is 0. The molecule has 0 aliphatic rings. The van der Waals surface area contributed by atoms with Crippen LogP contribution in [0.2, 0.25) is 0 Å². The monoisotopic (exact) mass is 312 g/mol. The first-order chi connectivity index (χ1) is 3.73. The smallest absolute Gasteiger partial charge is 0.852 e. The average Bonchev–Trinajstić information content (AvgIpc) is 1.19. The van der Waals surface area contributed by atoms with Crippen molar-refractivity contribution in [3.05, 3.63) is 0 Å². The molecule has 0 bridgehead atoms. The van der Waals surface area contributed by atoms with E-state index in [4.69, 9.17) is 0 Å². The summed E-state index contributed by atoms with van der Waals surface area (Å²) in [5.41, 5.74) is -0.750. The minimum atomic E-state index is -0.750. The van der Waals surface area contributed by atoms with Gasteiger partial charge in [-0.15, -0.1) is 11.7 Å². The van der Waals surface area contributed by atoms with Gasteiger partial charge in [-0.2, -0.15) is 0 Å². The third kappa shape index (κ3) is 386. The molecule has 0 aromatic rings. The second kappa shape index (κ2) is 11.7. The van der Waals surface area contributed by atoms with Crippen LogP contribution in [0.15, 0.2) is 0 Å². The van der Waals surface area contributed by atoms with E-state index in [2.05, 4.69) is 0 Å². The van der Waals surface area contributed by atoms with E-state index in [1.807, 2.05) is 0 Å². The van der Waals surface area contributed by atoms with E-state index in [1.165, 1.54) is 0 Å². The quantitative estimate of drug-likeness (QED) is 0.627. The summed E-state index contributed by atoms with van der Waals surface area (Å²) < 4.78 is 0. The molecule has 0 atom stereocenters. The van der Waals surface area contributed by atoms with Gasteiger partial charge in [-0.25, -0.2) is 0 Å². The Hall–Kier alpha value is 1.69. The molecular weight excluding hydrogens is 299 g/mol. The Bertz CT molecular complexity index is 51.2. The van der Waals surface area contributed by atoms with E-state index in [1.54, 1.807) is 34.6 Å². The summed E-state index contributed by atoms with van der Waals surface area (Å²) >= 11 is 0. The zero-order valence-corrected chi connectivity index (χ0v) is 12.8. The Labute approximate surface area is 108 Å². The SMILES string of the molecule is CC(C)(C)[O-].CC(C)[O-].[Zr+4].[Zr+4]. The number of rotatable bonds is 0. The Morgan fingerprint density at radius 2 is 1.00 bits per heavy atom. The van der Waals surface area contributed by atoms with Gasteiger partial charge < -0.3 is 10.2 Å². The number of hydrogen-bond acceptors (Lipinski definition) is 2. The molecule has 4 heteroatoms. The van der Waals surface area contributed by atoms with Crippen molar-refractivity contribution in [1.82, 2.24) is 0 Å². The summed E-state index contributed by atoms with van der Waals surface area (Å²) in [7, 11) is 0. The predicted molar refractivity (Wildman–Crippen MR) is 34.9 cm³/mol. The van der Waals surface area contributed by atoms with Crippen molar-refractivity contribution in [1.29, 1.82) is 0 Å². The molecule has 0 unspecified atom stereocenters. The van der Waals surface area contributed by atoms with Crippen molar-refractivity contribution >= 4 is 0 Å². The molecule has 0 heterocycles. The van der Waals surface area contributed by atoms with Crippen molar-refractivity contribution in [2.75, 3.05) is 0 Å². The van der Waals surface area contributed by atoms with E-state index in [0.717, 1.165) is 0 Å². The van der Waals surface area contributed by atoms with Gasteiger partial charge in [0.15, 0.2) is 0 Å². The van der Waals surface area contributed by atoms with Gasteiger partial charge in [0.1, 0.15) is 0 Å². The number of hydrogen-bond donors (Lipinski definition) is 0. The van der Waals surface area contributed by atoms with Gasteiger partial charge in [-0.05, 0) is 0 Å². The third-order valence-corrected chi connectivity index (χ3v) is 0. The van der Waals surface area contributed by atoms with Crippen molar-refractivity contribution in [2.45, 2.75) is 46.3 Å². The van der Waals surface area contributed by atoms with Gasteiger partial charge in [-0.1, -0.05) is 34.6 Å². The van der Waals surface area contributed by atoms with Crippen molar-refractivity contribution in [2.24, 2.45) is 0 Å². The first-order valence-electron chi connectivity index (χ1n) is 3.09. The van der Waals surface area contributed by atoms with Crippen LogP contribution in [0.3, 0.4) is 0 Å². The predicted octanol–water partition coefficient (Wildman–Crippen LogP) is -0.105. The van der Waals surface area contributed by atoms with Crippen LogP contribution >= 0.6 is 0 Å². The summed E-state index contributed by atoms with van der Waals surface area (Å²) in [5, 5.41) is 19.6. The standard InChI is InChI=1S/C4H9O.C3H7O.2Zr/c1-4(2,3)5;1-3(2)4;;/h1-3H3;3H,1-2H3;;/q2*-1;2*+4. The molecule has 0 N–H and O–H groups in total. The summed E-state index contributed by atoms with van der Waals surface area (Å²) in [6.07, 6.45) is -0.417. The average molecular weight is 315 g/mol. The Morgan fingerprint density at radius 3 is 1.00 bits per heavy atom. The molecule has 0 rings (SSSR count). The molecule has 0 radical (unpaired) electrons. The van der Waals surface area contributed by atoms with Crippen LogP contribution in [0, 0.1) is 0 Å².